The smallest absolute Gasteiger partial charge is 0.0897 e. The highest BCUT2D eigenvalue weighted by molar-refractivity contribution is 8.00. The Hall–Kier alpha value is -0.0600. The third-order valence-electron chi connectivity index (χ3n) is 2.37. The van der Waals surface area contributed by atoms with Gasteiger partial charge < -0.3 is 5.32 Å². The van der Waals surface area contributed by atoms with Crippen LogP contribution in [0.25, 0.3) is 0 Å². The predicted octanol–water partition coefficient (Wildman–Crippen LogP) is 2.44. The van der Waals surface area contributed by atoms with E-state index < -0.39 is 0 Å². The van der Waals surface area contributed by atoms with E-state index in [1.807, 2.05) is 0 Å². The molecule has 0 radical (unpaired) electrons. The van der Waals surface area contributed by atoms with Gasteiger partial charge >= 0.3 is 0 Å². The quantitative estimate of drug-likeness (QED) is 0.857. The Morgan fingerprint density at radius 1 is 1.64 bits per heavy atom. The highest BCUT2D eigenvalue weighted by Crippen LogP contribution is 2.25. The van der Waals surface area contributed by atoms with Gasteiger partial charge in [0.2, 0.25) is 0 Å². The van der Waals surface area contributed by atoms with Crippen molar-refractivity contribution in [3.63, 3.8) is 0 Å². The largest absolute Gasteiger partial charge is 0.310 e. The first-order chi connectivity index (χ1) is 6.84. The molecule has 0 aromatic carbocycles. The maximum atomic E-state index is 4.42. The number of thiazole rings is 1. The number of nitrogens with zero attached hydrogens (tertiary/aromatic N) is 1. The molecule has 1 atom stereocenters. The minimum atomic E-state index is 0.842. The Labute approximate surface area is 93.5 Å². The summed E-state index contributed by atoms with van der Waals surface area (Å²) >= 11 is 3.83. The van der Waals surface area contributed by atoms with Crippen LogP contribution in [0.5, 0.6) is 0 Å². The van der Waals surface area contributed by atoms with Gasteiger partial charge in [0.25, 0.3) is 0 Å². The molecule has 78 valence electrons. The molecule has 1 aliphatic rings. The monoisotopic (exact) mass is 228 g/mol. The van der Waals surface area contributed by atoms with E-state index in [-0.39, 0.29) is 0 Å². The average Bonchev–Trinajstić information content (AvgIpc) is 2.77. The molecule has 0 spiro atoms. The first kappa shape index (κ1) is 10.5. The summed E-state index contributed by atoms with van der Waals surface area (Å²) in [5, 5.41) is 7.63. The van der Waals surface area contributed by atoms with E-state index in [4.69, 9.17) is 0 Å². The second-order valence-electron chi connectivity index (χ2n) is 3.62. The fraction of sp³-hybridized carbons (Fsp3) is 0.700. The Kier molecular flexibility index (Phi) is 3.84. The molecular formula is C10H16N2S2. The Bertz CT molecular complexity index is 279. The first-order valence-corrected chi connectivity index (χ1v) is 7.01. The van der Waals surface area contributed by atoms with Gasteiger partial charge in [-0.05, 0) is 25.5 Å². The van der Waals surface area contributed by atoms with Crippen LogP contribution in [0.4, 0.5) is 0 Å². The van der Waals surface area contributed by atoms with Crippen LogP contribution in [-0.2, 0) is 6.54 Å². The first-order valence-electron chi connectivity index (χ1n) is 5.08. The second-order valence-corrected chi connectivity index (χ2v) is 6.09. The molecule has 0 saturated carbocycles. The zero-order valence-corrected chi connectivity index (χ0v) is 10.1. The van der Waals surface area contributed by atoms with Gasteiger partial charge in [-0.15, -0.1) is 11.3 Å². The number of hydrogen-bond donors (Lipinski definition) is 1. The van der Waals surface area contributed by atoms with Gasteiger partial charge in [-0.3, -0.25) is 0 Å². The molecule has 1 aliphatic heterocycles. The molecule has 2 heterocycles. The van der Waals surface area contributed by atoms with E-state index in [0.717, 1.165) is 23.3 Å². The van der Waals surface area contributed by atoms with Crippen LogP contribution in [0, 0.1) is 6.92 Å². The number of hydrogen-bond acceptors (Lipinski definition) is 4. The highest BCUT2D eigenvalue weighted by Gasteiger charge is 2.14. The van der Waals surface area contributed by atoms with Crippen molar-refractivity contribution in [2.75, 3.05) is 12.3 Å². The predicted molar refractivity (Wildman–Crippen MR) is 64.0 cm³/mol. The summed E-state index contributed by atoms with van der Waals surface area (Å²) in [7, 11) is 0. The van der Waals surface area contributed by atoms with E-state index in [1.165, 1.54) is 24.3 Å². The molecule has 1 fully saturated rings. The van der Waals surface area contributed by atoms with Crippen molar-refractivity contribution in [2.45, 2.75) is 31.6 Å². The third-order valence-corrected chi connectivity index (χ3v) is 4.59. The lowest BCUT2D eigenvalue weighted by Gasteiger charge is -2.08. The molecule has 0 bridgehead atoms. The van der Waals surface area contributed by atoms with Crippen LogP contribution in [0.15, 0.2) is 5.38 Å². The molecule has 0 amide bonds. The number of thioether (sulfide) groups is 1. The fourth-order valence-electron chi connectivity index (χ4n) is 1.66. The van der Waals surface area contributed by atoms with Crippen molar-refractivity contribution in [1.82, 2.24) is 10.3 Å². The van der Waals surface area contributed by atoms with Crippen molar-refractivity contribution in [1.29, 1.82) is 0 Å². The number of nitrogens with one attached hydrogen (secondary N) is 1. The van der Waals surface area contributed by atoms with E-state index in [2.05, 4.69) is 34.4 Å². The van der Waals surface area contributed by atoms with Crippen molar-refractivity contribution >= 4 is 23.1 Å². The van der Waals surface area contributed by atoms with Gasteiger partial charge in [-0.25, -0.2) is 4.98 Å². The zero-order chi connectivity index (χ0) is 9.80. The summed E-state index contributed by atoms with van der Waals surface area (Å²) in [5.74, 6) is 1.35. The van der Waals surface area contributed by atoms with Crippen molar-refractivity contribution in [3.8, 4) is 0 Å². The third kappa shape index (κ3) is 2.97. The lowest BCUT2D eigenvalue weighted by molar-refractivity contribution is 0.639. The van der Waals surface area contributed by atoms with E-state index in [1.54, 1.807) is 11.3 Å². The molecule has 1 unspecified atom stereocenters. The molecular weight excluding hydrogens is 212 g/mol. The molecule has 2 rings (SSSR count). The molecule has 1 saturated heterocycles. The normalized spacial score (nSPS) is 21.6. The topological polar surface area (TPSA) is 24.9 Å². The van der Waals surface area contributed by atoms with Gasteiger partial charge in [0.1, 0.15) is 0 Å². The van der Waals surface area contributed by atoms with Crippen LogP contribution in [0.2, 0.25) is 0 Å². The van der Waals surface area contributed by atoms with Gasteiger partial charge in [-0.1, -0.05) is 0 Å². The Morgan fingerprint density at radius 2 is 2.57 bits per heavy atom. The molecule has 0 aliphatic carbocycles. The highest BCUT2D eigenvalue weighted by atomic mass is 32.2. The van der Waals surface area contributed by atoms with Gasteiger partial charge in [-0.2, -0.15) is 11.8 Å². The van der Waals surface area contributed by atoms with E-state index >= 15 is 0 Å². The van der Waals surface area contributed by atoms with Crippen LogP contribution in [0.1, 0.15) is 23.5 Å². The fourth-order valence-corrected chi connectivity index (χ4v) is 3.50. The summed E-state index contributed by atoms with van der Waals surface area (Å²) in [6.45, 7) is 4.13. The molecule has 1 aromatic rings. The van der Waals surface area contributed by atoms with E-state index in [0.29, 0.717) is 0 Å². The molecule has 2 nitrogen and oxygen atoms in total. The molecule has 14 heavy (non-hydrogen) atoms. The minimum Gasteiger partial charge on any atom is -0.310 e. The van der Waals surface area contributed by atoms with Crippen molar-refractivity contribution in [3.05, 3.63) is 16.1 Å². The van der Waals surface area contributed by atoms with Crippen LogP contribution >= 0.6 is 23.1 Å². The van der Waals surface area contributed by atoms with Crippen LogP contribution in [0.3, 0.4) is 0 Å². The Morgan fingerprint density at radius 3 is 3.21 bits per heavy atom. The van der Waals surface area contributed by atoms with Crippen LogP contribution < -0.4 is 5.32 Å². The van der Waals surface area contributed by atoms with Gasteiger partial charge in [0, 0.05) is 23.7 Å². The summed E-state index contributed by atoms with van der Waals surface area (Å²) in [6.07, 6.45) is 2.78. The number of aryl methyl sites for hydroxylation is 1. The minimum absolute atomic E-state index is 0.842. The lowest BCUT2D eigenvalue weighted by atomic mass is 10.2. The lowest BCUT2D eigenvalue weighted by Crippen LogP contribution is -2.22. The maximum absolute atomic E-state index is 4.42. The number of aromatic nitrogens is 1. The van der Waals surface area contributed by atoms with Gasteiger partial charge in [0.15, 0.2) is 0 Å². The summed E-state index contributed by atoms with van der Waals surface area (Å²) < 4.78 is 0. The van der Waals surface area contributed by atoms with E-state index in [9.17, 15) is 0 Å². The second kappa shape index (κ2) is 5.14. The SMILES string of the molecule is Cc1nc(CNCC2CCCS2)cs1. The molecule has 4 heteroatoms. The summed E-state index contributed by atoms with van der Waals surface area (Å²) in [5.41, 5.74) is 1.19. The summed E-state index contributed by atoms with van der Waals surface area (Å²) in [6, 6.07) is 0. The standard InChI is InChI=1S/C10H16N2S2/c1-8-12-9(7-14-8)5-11-6-10-3-2-4-13-10/h7,10-11H,2-6H2,1H3. The zero-order valence-electron chi connectivity index (χ0n) is 8.45. The number of rotatable bonds is 4. The van der Waals surface area contributed by atoms with Crippen molar-refractivity contribution in [2.24, 2.45) is 0 Å². The maximum Gasteiger partial charge on any atom is 0.0897 e. The van der Waals surface area contributed by atoms with Crippen molar-refractivity contribution < 1.29 is 0 Å². The van der Waals surface area contributed by atoms with Crippen LogP contribution in [-0.4, -0.2) is 22.5 Å². The summed E-state index contributed by atoms with van der Waals surface area (Å²) in [4.78, 5) is 4.42. The molecule has 1 aromatic heterocycles. The van der Waals surface area contributed by atoms with Gasteiger partial charge in [0.05, 0.1) is 10.7 Å². The molecule has 1 N–H and O–H groups in total. The average molecular weight is 228 g/mol. The Balaban J connectivity index is 1.67.